The predicted molar refractivity (Wildman–Crippen MR) is 125 cm³/mol. The summed E-state index contributed by atoms with van der Waals surface area (Å²) in [6.07, 6.45) is 0. The van der Waals surface area contributed by atoms with E-state index >= 15 is 0 Å². The van der Waals surface area contributed by atoms with Crippen molar-refractivity contribution in [3.8, 4) is 6.07 Å². The van der Waals surface area contributed by atoms with Gasteiger partial charge in [-0.15, -0.1) is 0 Å². The van der Waals surface area contributed by atoms with E-state index in [1.165, 1.54) is 4.90 Å². The fourth-order valence-corrected chi connectivity index (χ4v) is 5.46. The maximum Gasteiger partial charge on any atom is 0.332 e. The van der Waals surface area contributed by atoms with Gasteiger partial charge in [-0.2, -0.15) is 5.26 Å². The van der Waals surface area contributed by atoms with E-state index in [0.29, 0.717) is 40.3 Å². The smallest absolute Gasteiger partial charge is 0.310 e. The van der Waals surface area contributed by atoms with Crippen LogP contribution in [0, 0.1) is 17.2 Å². The molecule has 0 bridgehead atoms. The van der Waals surface area contributed by atoms with Gasteiger partial charge in [0.2, 0.25) is 0 Å². The first kappa shape index (κ1) is 22.6. The molecule has 2 saturated heterocycles. The summed E-state index contributed by atoms with van der Waals surface area (Å²) in [4.78, 5) is 32.4. The maximum absolute atomic E-state index is 14.0. The molecular weight excluding hydrogens is 447 g/mol. The number of hydrogen-bond donors (Lipinski definition) is 0. The number of nitrogens with zero attached hydrogens (tertiary/aromatic N) is 4. The van der Waals surface area contributed by atoms with Crippen molar-refractivity contribution in [3.05, 3.63) is 63.6 Å². The van der Waals surface area contributed by atoms with Crippen LogP contribution in [0.2, 0.25) is 10.0 Å². The minimum Gasteiger partial charge on any atom is -0.310 e. The van der Waals surface area contributed by atoms with Crippen molar-refractivity contribution in [1.29, 1.82) is 5.26 Å². The molecular formula is C24H24Cl2N4O2. The Morgan fingerprint density at radius 3 is 2.31 bits per heavy atom. The van der Waals surface area contributed by atoms with Gasteiger partial charge >= 0.3 is 6.03 Å². The highest BCUT2D eigenvalue weighted by Crippen LogP contribution is 2.46. The van der Waals surface area contributed by atoms with Gasteiger partial charge in [0.25, 0.3) is 5.91 Å². The Morgan fingerprint density at radius 1 is 1.12 bits per heavy atom. The van der Waals surface area contributed by atoms with Crippen molar-refractivity contribution in [1.82, 2.24) is 9.80 Å². The third-order valence-corrected chi connectivity index (χ3v) is 6.74. The molecule has 32 heavy (non-hydrogen) atoms. The molecule has 0 radical (unpaired) electrons. The number of anilines is 1. The highest BCUT2D eigenvalue weighted by Gasteiger charge is 2.64. The Kier molecular flexibility index (Phi) is 5.93. The first-order chi connectivity index (χ1) is 15.2. The summed E-state index contributed by atoms with van der Waals surface area (Å²) in [7, 11) is 1.68. The number of likely N-dealkylation sites (N-methyl/N-ethyl adjacent to an activating group) is 1. The third kappa shape index (κ3) is 3.65. The predicted octanol–water partition coefficient (Wildman–Crippen LogP) is 4.76. The van der Waals surface area contributed by atoms with E-state index in [9.17, 15) is 14.9 Å². The second-order valence-corrected chi connectivity index (χ2v) is 9.78. The lowest BCUT2D eigenvalue weighted by Gasteiger charge is -2.34. The topological polar surface area (TPSA) is 67.6 Å². The highest BCUT2D eigenvalue weighted by atomic mass is 35.5. The first-order valence-electron chi connectivity index (χ1n) is 10.5. The number of likely N-dealkylation sites (tertiary alicyclic amines) is 1. The second kappa shape index (κ2) is 8.40. The van der Waals surface area contributed by atoms with Crippen molar-refractivity contribution in [3.63, 3.8) is 0 Å². The molecule has 2 aliphatic rings. The van der Waals surface area contributed by atoms with Crippen LogP contribution in [0.1, 0.15) is 30.9 Å². The highest BCUT2D eigenvalue weighted by molar-refractivity contribution is 6.35. The van der Waals surface area contributed by atoms with Gasteiger partial charge in [-0.05, 0) is 41.8 Å². The zero-order chi connectivity index (χ0) is 23.2. The Hall–Kier alpha value is -2.59. The largest absolute Gasteiger partial charge is 0.332 e. The molecule has 0 N–H and O–H groups in total. The summed E-state index contributed by atoms with van der Waals surface area (Å²) in [6, 6.07) is 13.7. The minimum atomic E-state index is -1.06. The monoisotopic (exact) mass is 470 g/mol. The summed E-state index contributed by atoms with van der Waals surface area (Å²) in [5.41, 5.74) is 0.781. The molecule has 0 aromatic heterocycles. The van der Waals surface area contributed by atoms with Crippen LogP contribution in [0.5, 0.6) is 0 Å². The number of imide groups is 1. The van der Waals surface area contributed by atoms with Crippen LogP contribution in [-0.4, -0.2) is 54.0 Å². The Morgan fingerprint density at radius 2 is 1.75 bits per heavy atom. The molecule has 2 aromatic carbocycles. The SMILES string of the molecule is CC(C)CN1C[C@H](c2ccc(C#N)cc2)[C@]2(C1)C(=O)N(c1cc(Cl)cc(Cl)c1)C(=O)N2C. The fourth-order valence-electron chi connectivity index (χ4n) is 4.95. The Bertz CT molecular complexity index is 1090. The first-order valence-corrected chi connectivity index (χ1v) is 11.2. The Labute approximate surface area is 197 Å². The molecule has 0 aliphatic carbocycles. The molecule has 1 spiro atoms. The van der Waals surface area contributed by atoms with Crippen molar-refractivity contribution in [2.75, 3.05) is 31.6 Å². The number of carbonyl (C=O) groups excluding carboxylic acids is 2. The molecule has 166 valence electrons. The zero-order valence-corrected chi connectivity index (χ0v) is 19.7. The number of rotatable bonds is 4. The van der Waals surface area contributed by atoms with Crippen LogP contribution < -0.4 is 4.90 Å². The van der Waals surface area contributed by atoms with E-state index in [1.54, 1.807) is 42.3 Å². The average molecular weight is 471 g/mol. The number of urea groups is 1. The van der Waals surface area contributed by atoms with Gasteiger partial charge in [0, 0.05) is 42.6 Å². The molecule has 0 unspecified atom stereocenters. The number of carbonyl (C=O) groups is 2. The van der Waals surface area contributed by atoms with Crippen molar-refractivity contribution in [2.24, 2.45) is 5.92 Å². The standard InChI is InChI=1S/C24H24Cl2N4O2/c1-15(2)12-29-13-21(17-6-4-16(11-27)5-7-17)24(14-29)22(31)30(23(32)28(24)3)20-9-18(25)8-19(26)10-20/h4-10,15,21H,12-14H2,1-3H3/t21-,24-/m1/s1. The lowest BCUT2D eigenvalue weighted by molar-refractivity contribution is -0.124. The number of nitriles is 1. The molecule has 8 heteroatoms. The lowest BCUT2D eigenvalue weighted by atomic mass is 9.80. The van der Waals surface area contributed by atoms with Crippen LogP contribution in [0.15, 0.2) is 42.5 Å². The van der Waals surface area contributed by atoms with E-state index in [1.807, 2.05) is 12.1 Å². The van der Waals surface area contributed by atoms with Crippen molar-refractivity contribution < 1.29 is 9.59 Å². The molecule has 2 aromatic rings. The van der Waals surface area contributed by atoms with E-state index in [0.717, 1.165) is 12.1 Å². The van der Waals surface area contributed by atoms with Gasteiger partial charge in [-0.3, -0.25) is 9.69 Å². The van der Waals surface area contributed by atoms with Crippen LogP contribution in [0.4, 0.5) is 10.5 Å². The molecule has 4 rings (SSSR count). The van der Waals surface area contributed by atoms with Gasteiger partial charge in [0.1, 0.15) is 5.54 Å². The van der Waals surface area contributed by atoms with Gasteiger partial charge in [0.05, 0.1) is 17.3 Å². The van der Waals surface area contributed by atoms with Crippen LogP contribution in [-0.2, 0) is 4.79 Å². The molecule has 2 atom stereocenters. The molecule has 2 heterocycles. The average Bonchev–Trinajstić information content (AvgIpc) is 3.19. The maximum atomic E-state index is 14.0. The fraction of sp³-hybridized carbons (Fsp3) is 0.375. The van der Waals surface area contributed by atoms with E-state index in [2.05, 4.69) is 24.8 Å². The van der Waals surface area contributed by atoms with Gasteiger partial charge in [-0.25, -0.2) is 9.69 Å². The van der Waals surface area contributed by atoms with Gasteiger partial charge in [-0.1, -0.05) is 49.2 Å². The normalized spacial score (nSPS) is 23.6. The van der Waals surface area contributed by atoms with E-state index in [4.69, 9.17) is 23.2 Å². The van der Waals surface area contributed by atoms with E-state index < -0.39 is 11.6 Å². The summed E-state index contributed by atoms with van der Waals surface area (Å²) in [5, 5.41) is 9.88. The minimum absolute atomic E-state index is 0.241. The zero-order valence-electron chi connectivity index (χ0n) is 18.2. The third-order valence-electron chi connectivity index (χ3n) is 6.30. The quantitative estimate of drug-likeness (QED) is 0.604. The number of hydrogen-bond acceptors (Lipinski definition) is 4. The molecule has 6 nitrogen and oxygen atoms in total. The summed E-state index contributed by atoms with van der Waals surface area (Å²) in [5.74, 6) is -0.119. The van der Waals surface area contributed by atoms with E-state index in [-0.39, 0.29) is 11.8 Å². The summed E-state index contributed by atoms with van der Waals surface area (Å²) < 4.78 is 0. The molecule has 2 fully saturated rings. The Balaban J connectivity index is 1.81. The summed E-state index contributed by atoms with van der Waals surface area (Å²) in [6.45, 7) is 6.15. The van der Waals surface area contributed by atoms with Crippen LogP contribution in [0.25, 0.3) is 0 Å². The number of amides is 3. The van der Waals surface area contributed by atoms with Crippen molar-refractivity contribution in [2.45, 2.75) is 25.3 Å². The number of benzene rings is 2. The molecule has 0 saturated carbocycles. The van der Waals surface area contributed by atoms with Crippen molar-refractivity contribution >= 4 is 40.8 Å². The van der Waals surface area contributed by atoms with Crippen LogP contribution >= 0.6 is 23.2 Å². The summed E-state index contributed by atoms with van der Waals surface area (Å²) >= 11 is 12.3. The van der Waals surface area contributed by atoms with Crippen LogP contribution in [0.3, 0.4) is 0 Å². The number of halogens is 2. The molecule has 2 aliphatic heterocycles. The molecule has 3 amide bonds. The lowest BCUT2D eigenvalue weighted by Crippen LogP contribution is -2.53. The van der Waals surface area contributed by atoms with Gasteiger partial charge < -0.3 is 4.90 Å². The van der Waals surface area contributed by atoms with Gasteiger partial charge in [0.15, 0.2) is 0 Å². The second-order valence-electron chi connectivity index (χ2n) is 8.91.